The van der Waals surface area contributed by atoms with Crippen LogP contribution in [-0.4, -0.2) is 18.4 Å². The summed E-state index contributed by atoms with van der Waals surface area (Å²) in [5.41, 5.74) is 3.45. The lowest BCUT2D eigenvalue weighted by Gasteiger charge is -2.52. The molecule has 0 saturated heterocycles. The monoisotopic (exact) mass is 504 g/mol. The molecular formula is C34H48O3. The van der Waals surface area contributed by atoms with Gasteiger partial charge in [-0.25, -0.2) is 4.79 Å². The van der Waals surface area contributed by atoms with Crippen LogP contribution >= 0.6 is 0 Å². The van der Waals surface area contributed by atoms with Crippen molar-refractivity contribution >= 4 is 12.3 Å². The molecule has 3 fully saturated rings. The molecule has 4 aliphatic rings. The lowest BCUT2D eigenvalue weighted by molar-refractivity contribution is -0.106. The van der Waals surface area contributed by atoms with Crippen molar-refractivity contribution in [1.29, 1.82) is 0 Å². The molecule has 0 aromatic heterocycles. The third-order valence-electron chi connectivity index (χ3n) is 11.5. The molecule has 0 amide bonds. The molecule has 1 aromatic carbocycles. The van der Waals surface area contributed by atoms with Crippen molar-refractivity contribution in [3.8, 4) is 0 Å². The van der Waals surface area contributed by atoms with Crippen molar-refractivity contribution in [2.45, 2.75) is 105 Å². The summed E-state index contributed by atoms with van der Waals surface area (Å²) in [6, 6.07) is 9.30. The third-order valence-corrected chi connectivity index (χ3v) is 11.5. The van der Waals surface area contributed by atoms with Gasteiger partial charge in [0.2, 0.25) is 0 Å². The van der Waals surface area contributed by atoms with Gasteiger partial charge in [-0.05, 0) is 103 Å². The number of esters is 1. The molecule has 3 nitrogen and oxygen atoms in total. The molecule has 3 heteroatoms. The quantitative estimate of drug-likeness (QED) is 0.263. The largest absolute Gasteiger partial charge is 0.458 e. The highest BCUT2D eigenvalue weighted by atomic mass is 16.5. The van der Waals surface area contributed by atoms with Crippen molar-refractivity contribution in [3.63, 3.8) is 0 Å². The zero-order valence-electron chi connectivity index (χ0n) is 23.8. The van der Waals surface area contributed by atoms with Crippen LogP contribution in [0.25, 0.3) is 0 Å². The first kappa shape index (κ1) is 26.7. The van der Waals surface area contributed by atoms with Gasteiger partial charge < -0.3 is 4.74 Å². The SMILES string of the molecule is CC(C)CCC[C@@H](C)[C@H]1CC[C@H]2[C@@H]3C(C=O)=C4C[C@@H](OC(=O)c5ccccc5)CC[C@]4(C)[C@H]3CC[C@]12C. The number of carbonyl (C=O) groups excluding carboxylic acids is 2. The Morgan fingerprint density at radius 1 is 1.00 bits per heavy atom. The maximum atomic E-state index is 12.8. The van der Waals surface area contributed by atoms with Crippen molar-refractivity contribution in [2.24, 2.45) is 46.3 Å². The van der Waals surface area contributed by atoms with Crippen LogP contribution in [0.15, 0.2) is 41.5 Å². The van der Waals surface area contributed by atoms with Crippen LogP contribution < -0.4 is 0 Å². The third kappa shape index (κ3) is 4.63. The molecule has 1 aromatic rings. The van der Waals surface area contributed by atoms with Gasteiger partial charge in [-0.15, -0.1) is 0 Å². The van der Waals surface area contributed by atoms with Gasteiger partial charge in [0.05, 0.1) is 5.56 Å². The van der Waals surface area contributed by atoms with E-state index in [1.165, 1.54) is 56.8 Å². The van der Waals surface area contributed by atoms with Crippen molar-refractivity contribution < 1.29 is 14.3 Å². The lowest BCUT2D eigenvalue weighted by Crippen LogP contribution is -2.46. The standard InChI is InChI=1S/C34H48O3/c1-22(2)10-9-11-23(3)27-14-15-28-31-26(21-35)30-20-25(37-32(36)24-12-7-6-8-13-24)16-18-34(30,5)29(31)17-19-33(27,28)4/h6-8,12-13,21-23,25,27-29,31H,9-11,14-20H2,1-5H3/t23-,25+,27-,28+,29+,31+,33-,34-/m1/s1. The van der Waals surface area contributed by atoms with Crippen LogP contribution in [0.1, 0.15) is 109 Å². The van der Waals surface area contributed by atoms with E-state index in [0.29, 0.717) is 28.7 Å². The molecule has 0 bridgehead atoms. The normalized spacial score (nSPS) is 37.6. The van der Waals surface area contributed by atoms with Gasteiger partial charge in [-0.2, -0.15) is 0 Å². The van der Waals surface area contributed by atoms with Crippen LogP contribution in [0.3, 0.4) is 0 Å². The van der Waals surface area contributed by atoms with Crippen LogP contribution in [0.5, 0.6) is 0 Å². The van der Waals surface area contributed by atoms with Gasteiger partial charge in [0, 0.05) is 6.42 Å². The summed E-state index contributed by atoms with van der Waals surface area (Å²) in [6.45, 7) is 12.2. The number of carbonyl (C=O) groups is 2. The van der Waals surface area contributed by atoms with Crippen molar-refractivity contribution in [3.05, 3.63) is 47.0 Å². The highest BCUT2D eigenvalue weighted by Gasteiger charge is 2.62. The zero-order chi connectivity index (χ0) is 26.4. The van der Waals surface area contributed by atoms with E-state index in [0.717, 1.165) is 42.6 Å². The molecule has 8 atom stereocenters. The first-order valence-electron chi connectivity index (χ1n) is 15.1. The fourth-order valence-electron chi connectivity index (χ4n) is 9.59. The molecule has 0 unspecified atom stereocenters. The summed E-state index contributed by atoms with van der Waals surface area (Å²) in [7, 11) is 0. The van der Waals surface area contributed by atoms with Crippen LogP contribution in [-0.2, 0) is 9.53 Å². The Bertz CT molecular complexity index is 1020. The van der Waals surface area contributed by atoms with Gasteiger partial charge in [0.25, 0.3) is 0 Å². The summed E-state index contributed by atoms with van der Waals surface area (Å²) in [6.07, 6.45) is 12.9. The number of rotatable bonds is 8. The van der Waals surface area contributed by atoms with Gasteiger partial charge >= 0.3 is 5.97 Å². The Morgan fingerprint density at radius 2 is 1.76 bits per heavy atom. The minimum absolute atomic E-state index is 0.0822. The number of aldehydes is 1. The van der Waals surface area contributed by atoms with Gasteiger partial charge in [-0.3, -0.25) is 4.79 Å². The van der Waals surface area contributed by atoms with E-state index in [1.54, 1.807) is 0 Å². The molecule has 202 valence electrons. The van der Waals surface area contributed by atoms with Crippen molar-refractivity contribution in [1.82, 2.24) is 0 Å². The van der Waals surface area contributed by atoms with Crippen LogP contribution in [0.2, 0.25) is 0 Å². The molecule has 3 saturated carbocycles. The fourth-order valence-corrected chi connectivity index (χ4v) is 9.59. The number of hydrogen-bond donors (Lipinski definition) is 0. The van der Waals surface area contributed by atoms with Gasteiger partial charge in [0.1, 0.15) is 12.4 Å². The fraction of sp³-hybridized carbons (Fsp3) is 0.706. The van der Waals surface area contributed by atoms with Crippen molar-refractivity contribution in [2.75, 3.05) is 0 Å². The van der Waals surface area contributed by atoms with E-state index >= 15 is 0 Å². The summed E-state index contributed by atoms with van der Waals surface area (Å²) in [5.74, 6) is 3.67. The van der Waals surface area contributed by atoms with E-state index in [2.05, 4.69) is 34.6 Å². The predicted octanol–water partition coefficient (Wildman–Crippen LogP) is 8.43. The lowest BCUT2D eigenvalue weighted by atomic mass is 9.52. The Hall–Kier alpha value is -1.90. The predicted molar refractivity (Wildman–Crippen MR) is 149 cm³/mol. The maximum Gasteiger partial charge on any atom is 0.338 e. The topological polar surface area (TPSA) is 43.4 Å². The second kappa shape index (κ2) is 10.3. The molecule has 5 rings (SSSR count). The zero-order valence-corrected chi connectivity index (χ0v) is 23.8. The van der Waals surface area contributed by atoms with E-state index in [4.69, 9.17) is 4.74 Å². The Kier molecular flexibility index (Phi) is 7.46. The first-order chi connectivity index (χ1) is 17.7. The molecule has 37 heavy (non-hydrogen) atoms. The van der Waals surface area contributed by atoms with Gasteiger partial charge in [-0.1, -0.05) is 77.7 Å². The van der Waals surface area contributed by atoms with Crippen LogP contribution in [0, 0.1) is 46.3 Å². The summed E-state index contributed by atoms with van der Waals surface area (Å²) >= 11 is 0. The highest BCUT2D eigenvalue weighted by Crippen LogP contribution is 2.70. The number of fused-ring (bicyclic) bond motifs is 5. The summed E-state index contributed by atoms with van der Waals surface area (Å²) in [5, 5.41) is 0. The summed E-state index contributed by atoms with van der Waals surface area (Å²) in [4.78, 5) is 25.5. The van der Waals surface area contributed by atoms with E-state index < -0.39 is 0 Å². The maximum absolute atomic E-state index is 12.8. The minimum Gasteiger partial charge on any atom is -0.458 e. The van der Waals surface area contributed by atoms with Crippen LogP contribution in [0.4, 0.5) is 0 Å². The Labute approximate surface area is 224 Å². The molecule has 4 aliphatic carbocycles. The second-order valence-electron chi connectivity index (χ2n) is 13.9. The molecule has 0 N–H and O–H groups in total. The number of benzene rings is 1. The number of allylic oxidation sites excluding steroid dienone is 1. The molecule has 0 heterocycles. The highest BCUT2D eigenvalue weighted by molar-refractivity contribution is 5.89. The summed E-state index contributed by atoms with van der Waals surface area (Å²) < 4.78 is 6.00. The number of ether oxygens (including phenoxy) is 1. The van der Waals surface area contributed by atoms with E-state index in [-0.39, 0.29) is 17.5 Å². The average Bonchev–Trinajstić information content (AvgIpc) is 3.35. The average molecular weight is 505 g/mol. The molecular weight excluding hydrogens is 456 g/mol. The van der Waals surface area contributed by atoms with E-state index in [1.807, 2.05) is 30.3 Å². The Morgan fingerprint density at radius 3 is 2.46 bits per heavy atom. The Balaban J connectivity index is 1.35. The minimum atomic E-state index is -0.240. The second-order valence-corrected chi connectivity index (χ2v) is 13.9. The smallest absolute Gasteiger partial charge is 0.338 e. The first-order valence-corrected chi connectivity index (χ1v) is 15.1. The molecule has 0 radical (unpaired) electrons. The molecule has 0 spiro atoms. The number of hydrogen-bond acceptors (Lipinski definition) is 3. The van der Waals surface area contributed by atoms with E-state index in [9.17, 15) is 9.59 Å². The molecule has 0 aliphatic heterocycles. The van der Waals surface area contributed by atoms with Gasteiger partial charge in [0.15, 0.2) is 0 Å².